The van der Waals surface area contributed by atoms with E-state index in [0.29, 0.717) is 15.8 Å². The third-order valence-corrected chi connectivity index (χ3v) is 5.35. The second-order valence-electron chi connectivity index (χ2n) is 5.76. The summed E-state index contributed by atoms with van der Waals surface area (Å²) in [7, 11) is 0. The van der Waals surface area contributed by atoms with Crippen molar-refractivity contribution in [2.75, 3.05) is 11.5 Å². The molecule has 0 saturated carbocycles. The molecule has 2 aromatic rings. The Balaban J connectivity index is 1.95. The van der Waals surface area contributed by atoms with Crippen LogP contribution in [-0.2, 0) is 4.79 Å². The molecule has 1 aliphatic rings. The van der Waals surface area contributed by atoms with Crippen molar-refractivity contribution in [2.24, 2.45) is 0 Å². The van der Waals surface area contributed by atoms with Crippen molar-refractivity contribution in [3.8, 4) is 5.75 Å². The molecule has 1 aliphatic heterocycles. The number of benzene rings is 2. The Kier molecular flexibility index (Phi) is 5.25. The van der Waals surface area contributed by atoms with E-state index >= 15 is 0 Å². The first-order chi connectivity index (χ1) is 12.0. The van der Waals surface area contributed by atoms with Crippen molar-refractivity contribution in [1.82, 2.24) is 0 Å². The minimum atomic E-state index is -0.0930. The summed E-state index contributed by atoms with van der Waals surface area (Å²) in [6, 6.07) is 13.6. The number of thiocarbonyl (C=S) groups is 1. The van der Waals surface area contributed by atoms with Crippen LogP contribution in [-0.4, -0.2) is 16.8 Å². The highest BCUT2D eigenvalue weighted by atomic mass is 32.2. The van der Waals surface area contributed by atoms with Crippen molar-refractivity contribution in [3.05, 3.63) is 64.1 Å². The number of carbonyl (C=O) groups excluding carboxylic acids is 1. The number of aryl methyl sites for hydroxylation is 2. The molecule has 1 fully saturated rings. The van der Waals surface area contributed by atoms with Gasteiger partial charge in [-0.3, -0.25) is 9.69 Å². The molecule has 1 amide bonds. The van der Waals surface area contributed by atoms with Crippen LogP contribution in [0.5, 0.6) is 5.75 Å². The smallest absolute Gasteiger partial charge is 0.270 e. The van der Waals surface area contributed by atoms with Crippen molar-refractivity contribution < 1.29 is 9.53 Å². The summed E-state index contributed by atoms with van der Waals surface area (Å²) < 4.78 is 6.19. The van der Waals surface area contributed by atoms with Crippen LogP contribution in [0.1, 0.15) is 23.6 Å². The minimum absolute atomic E-state index is 0.0930. The van der Waals surface area contributed by atoms with Crippen LogP contribution >= 0.6 is 24.0 Å². The Morgan fingerprint density at radius 2 is 1.92 bits per heavy atom. The van der Waals surface area contributed by atoms with Gasteiger partial charge >= 0.3 is 0 Å². The zero-order valence-corrected chi connectivity index (χ0v) is 16.0. The lowest BCUT2D eigenvalue weighted by molar-refractivity contribution is -0.113. The SMILES string of the molecule is CCOc1ccccc1/C=C1\SC(=S)N(c2ccc(C)c(C)c2)C1=O. The van der Waals surface area contributed by atoms with E-state index in [2.05, 4.69) is 0 Å². The van der Waals surface area contributed by atoms with Crippen LogP contribution in [0.2, 0.25) is 0 Å². The van der Waals surface area contributed by atoms with Crippen molar-refractivity contribution in [1.29, 1.82) is 0 Å². The zero-order valence-electron chi connectivity index (χ0n) is 14.4. The van der Waals surface area contributed by atoms with Crippen LogP contribution in [0.15, 0.2) is 47.4 Å². The van der Waals surface area contributed by atoms with Crippen LogP contribution in [0.25, 0.3) is 6.08 Å². The quantitative estimate of drug-likeness (QED) is 0.553. The van der Waals surface area contributed by atoms with Gasteiger partial charge in [0.2, 0.25) is 0 Å². The van der Waals surface area contributed by atoms with E-state index in [-0.39, 0.29) is 5.91 Å². The Hall–Kier alpha value is -2.11. The van der Waals surface area contributed by atoms with Crippen LogP contribution in [0, 0.1) is 13.8 Å². The number of hydrogen-bond acceptors (Lipinski definition) is 4. The molecule has 128 valence electrons. The molecule has 0 aliphatic carbocycles. The maximum absolute atomic E-state index is 12.9. The van der Waals surface area contributed by atoms with E-state index in [1.54, 1.807) is 4.90 Å². The van der Waals surface area contributed by atoms with Crippen molar-refractivity contribution in [2.45, 2.75) is 20.8 Å². The van der Waals surface area contributed by atoms with Gasteiger partial charge in [0.05, 0.1) is 17.2 Å². The van der Waals surface area contributed by atoms with Gasteiger partial charge in [-0.2, -0.15) is 0 Å². The van der Waals surface area contributed by atoms with Crippen LogP contribution < -0.4 is 9.64 Å². The van der Waals surface area contributed by atoms with Crippen molar-refractivity contribution >= 4 is 46.0 Å². The summed E-state index contributed by atoms with van der Waals surface area (Å²) in [6.45, 7) is 6.60. The van der Waals surface area contributed by atoms with Gasteiger partial charge in [-0.1, -0.05) is 48.2 Å². The number of ether oxygens (including phenoxy) is 1. The molecule has 3 rings (SSSR count). The number of carbonyl (C=O) groups is 1. The van der Waals surface area contributed by atoms with Crippen molar-refractivity contribution in [3.63, 3.8) is 0 Å². The molecule has 2 aromatic carbocycles. The summed E-state index contributed by atoms with van der Waals surface area (Å²) in [5.41, 5.74) is 4.02. The fraction of sp³-hybridized carbons (Fsp3) is 0.200. The Bertz CT molecular complexity index is 874. The first-order valence-corrected chi connectivity index (χ1v) is 9.30. The second kappa shape index (κ2) is 7.42. The fourth-order valence-corrected chi connectivity index (χ4v) is 3.87. The molecule has 0 spiro atoms. The zero-order chi connectivity index (χ0) is 18.0. The predicted octanol–water partition coefficient (Wildman–Crippen LogP) is 5.11. The summed E-state index contributed by atoms with van der Waals surface area (Å²) in [5.74, 6) is 0.672. The van der Waals surface area contributed by atoms with Gasteiger partial charge in [-0.25, -0.2) is 0 Å². The molecule has 5 heteroatoms. The largest absolute Gasteiger partial charge is 0.493 e. The lowest BCUT2D eigenvalue weighted by Gasteiger charge is -2.16. The third-order valence-electron chi connectivity index (χ3n) is 4.05. The predicted molar refractivity (Wildman–Crippen MR) is 109 cm³/mol. The number of thioether (sulfide) groups is 1. The second-order valence-corrected chi connectivity index (χ2v) is 7.43. The van der Waals surface area contributed by atoms with Gasteiger partial charge in [0.15, 0.2) is 4.32 Å². The molecule has 0 unspecified atom stereocenters. The average molecular weight is 370 g/mol. The van der Waals surface area contributed by atoms with Gasteiger partial charge in [-0.15, -0.1) is 0 Å². The van der Waals surface area contributed by atoms with Gasteiger partial charge in [-0.05, 0) is 56.2 Å². The van der Waals surface area contributed by atoms with Crippen LogP contribution in [0.3, 0.4) is 0 Å². The maximum atomic E-state index is 12.9. The van der Waals surface area contributed by atoms with E-state index in [4.69, 9.17) is 17.0 Å². The molecule has 0 radical (unpaired) electrons. The number of amides is 1. The molecule has 0 atom stereocenters. The number of para-hydroxylation sites is 1. The molecular formula is C20H19NO2S2. The minimum Gasteiger partial charge on any atom is -0.493 e. The number of anilines is 1. The first-order valence-electron chi connectivity index (χ1n) is 8.08. The lowest BCUT2D eigenvalue weighted by Crippen LogP contribution is -2.27. The molecule has 1 heterocycles. The van der Waals surface area contributed by atoms with E-state index in [1.807, 2.05) is 69.3 Å². The summed E-state index contributed by atoms with van der Waals surface area (Å²) in [5, 5.41) is 0. The Morgan fingerprint density at radius 1 is 1.16 bits per heavy atom. The molecule has 1 saturated heterocycles. The van der Waals surface area contributed by atoms with Gasteiger partial charge < -0.3 is 4.74 Å². The normalized spacial score (nSPS) is 16.0. The highest BCUT2D eigenvalue weighted by molar-refractivity contribution is 8.27. The summed E-state index contributed by atoms with van der Waals surface area (Å²) >= 11 is 6.77. The first kappa shape index (κ1) is 17.7. The fourth-order valence-electron chi connectivity index (χ4n) is 2.58. The lowest BCUT2D eigenvalue weighted by atomic mass is 10.1. The number of hydrogen-bond donors (Lipinski definition) is 0. The molecular weight excluding hydrogens is 350 g/mol. The Morgan fingerprint density at radius 3 is 2.64 bits per heavy atom. The maximum Gasteiger partial charge on any atom is 0.270 e. The van der Waals surface area contributed by atoms with Gasteiger partial charge in [0.25, 0.3) is 5.91 Å². The number of rotatable bonds is 4. The van der Waals surface area contributed by atoms with Gasteiger partial charge in [0.1, 0.15) is 5.75 Å². The summed E-state index contributed by atoms with van der Waals surface area (Å²) in [4.78, 5) is 15.1. The number of nitrogens with zero attached hydrogens (tertiary/aromatic N) is 1. The van der Waals surface area contributed by atoms with Crippen LogP contribution in [0.4, 0.5) is 5.69 Å². The highest BCUT2D eigenvalue weighted by Crippen LogP contribution is 2.37. The topological polar surface area (TPSA) is 29.5 Å². The molecule has 3 nitrogen and oxygen atoms in total. The Labute approximate surface area is 157 Å². The molecule has 0 N–H and O–H groups in total. The molecule has 25 heavy (non-hydrogen) atoms. The van der Waals surface area contributed by atoms with E-state index in [0.717, 1.165) is 22.6 Å². The monoisotopic (exact) mass is 369 g/mol. The standard InChI is InChI=1S/C20H19NO2S2/c1-4-23-17-8-6-5-7-15(17)12-18-19(22)21(20(24)25-18)16-10-9-13(2)14(3)11-16/h5-12H,4H2,1-3H3/b18-12-. The van der Waals surface area contributed by atoms with E-state index < -0.39 is 0 Å². The summed E-state index contributed by atoms with van der Waals surface area (Å²) in [6.07, 6.45) is 1.85. The molecule has 0 aromatic heterocycles. The van der Waals surface area contributed by atoms with E-state index in [1.165, 1.54) is 17.3 Å². The van der Waals surface area contributed by atoms with Gasteiger partial charge in [0, 0.05) is 5.56 Å². The molecule has 0 bridgehead atoms. The third kappa shape index (κ3) is 3.62. The average Bonchev–Trinajstić information content (AvgIpc) is 2.86. The van der Waals surface area contributed by atoms with E-state index in [9.17, 15) is 4.79 Å². The highest BCUT2D eigenvalue weighted by Gasteiger charge is 2.33.